The normalized spacial score (nSPS) is 12.6. The Morgan fingerprint density at radius 2 is 0.655 bits per heavy atom. The van der Waals surface area contributed by atoms with Crippen LogP contribution in [0.15, 0.2) is 0 Å². The molecule has 0 saturated heterocycles. The molecular formula is C24H51F3Si2. The average molecular weight is 453 g/mol. The smallest absolute Gasteiger partial charge is 0.314 e. The summed E-state index contributed by atoms with van der Waals surface area (Å²) in [6, 6.07) is 2.79. The maximum absolute atomic E-state index is 15.6. The molecule has 0 bridgehead atoms. The molecule has 0 radical (unpaired) electrons. The number of hydrogen-bond acceptors (Lipinski definition) is 0. The highest BCUT2D eigenvalue weighted by Gasteiger charge is 2.34. The maximum Gasteiger partial charge on any atom is 0.425 e. The van der Waals surface area contributed by atoms with Crippen LogP contribution in [0.5, 0.6) is 0 Å². The second-order valence-electron chi connectivity index (χ2n) is 9.35. The number of halogens is 3. The third-order valence-electron chi connectivity index (χ3n) is 6.27. The third-order valence-corrected chi connectivity index (χ3v) is 12.2. The summed E-state index contributed by atoms with van der Waals surface area (Å²) in [5.74, 6) is 0. The highest BCUT2D eigenvalue weighted by molar-refractivity contribution is 6.73. The van der Waals surface area contributed by atoms with E-state index in [9.17, 15) is 8.22 Å². The van der Waals surface area contributed by atoms with E-state index in [1.807, 2.05) is 0 Å². The molecule has 0 unspecified atom stereocenters. The van der Waals surface area contributed by atoms with Crippen molar-refractivity contribution in [2.75, 3.05) is 0 Å². The molecule has 0 spiro atoms. The lowest BCUT2D eigenvalue weighted by Gasteiger charge is -2.23. The van der Waals surface area contributed by atoms with Crippen LogP contribution in [0.1, 0.15) is 124 Å². The third kappa shape index (κ3) is 18.7. The van der Waals surface area contributed by atoms with Crippen molar-refractivity contribution in [1.29, 1.82) is 0 Å². The molecule has 0 heterocycles. The molecule has 176 valence electrons. The van der Waals surface area contributed by atoms with Gasteiger partial charge in [0.05, 0.1) is 0 Å². The van der Waals surface area contributed by atoms with Crippen molar-refractivity contribution in [3.05, 3.63) is 0 Å². The molecule has 0 N–H and O–H groups in total. The molecule has 0 aromatic carbocycles. The predicted octanol–water partition coefficient (Wildman–Crippen LogP) is 10.6. The van der Waals surface area contributed by atoms with Crippen molar-refractivity contribution >= 4 is 17.1 Å². The SMILES string of the molecule is CCCCCC[Si](F)(F)CCCCCC[Si](F)(CCCCCC)CCCCCC. The lowest BCUT2D eigenvalue weighted by atomic mass is 10.2. The van der Waals surface area contributed by atoms with Gasteiger partial charge in [0.25, 0.3) is 0 Å². The second-order valence-corrected chi connectivity index (χ2v) is 15.9. The van der Waals surface area contributed by atoms with E-state index in [-0.39, 0.29) is 12.1 Å². The van der Waals surface area contributed by atoms with E-state index in [4.69, 9.17) is 0 Å². The monoisotopic (exact) mass is 452 g/mol. The Labute approximate surface area is 183 Å². The fourth-order valence-corrected chi connectivity index (χ4v) is 9.41. The topological polar surface area (TPSA) is 0 Å². The van der Waals surface area contributed by atoms with E-state index in [1.54, 1.807) is 0 Å². The van der Waals surface area contributed by atoms with Crippen molar-refractivity contribution in [3.8, 4) is 0 Å². The van der Waals surface area contributed by atoms with E-state index in [1.165, 1.54) is 38.5 Å². The van der Waals surface area contributed by atoms with Gasteiger partial charge in [0, 0.05) is 0 Å². The summed E-state index contributed by atoms with van der Waals surface area (Å²) in [6.07, 6.45) is 16.5. The van der Waals surface area contributed by atoms with Gasteiger partial charge in [-0.3, -0.25) is 8.22 Å². The summed E-state index contributed by atoms with van der Waals surface area (Å²) in [7, 11) is -6.58. The van der Waals surface area contributed by atoms with Crippen molar-refractivity contribution < 1.29 is 12.3 Å². The van der Waals surface area contributed by atoms with Crippen LogP contribution in [-0.4, -0.2) is 17.1 Å². The molecule has 0 saturated carbocycles. The zero-order valence-electron chi connectivity index (χ0n) is 20.0. The minimum Gasteiger partial charge on any atom is -0.314 e. The summed E-state index contributed by atoms with van der Waals surface area (Å²) in [4.78, 5) is 0. The zero-order chi connectivity index (χ0) is 21.8. The second kappa shape index (κ2) is 19.0. The number of unbranched alkanes of at least 4 members (excludes halogenated alkanes) is 12. The van der Waals surface area contributed by atoms with Gasteiger partial charge in [-0.2, -0.15) is 0 Å². The fourth-order valence-electron chi connectivity index (χ4n) is 4.23. The molecule has 0 nitrogen and oxygen atoms in total. The van der Waals surface area contributed by atoms with Gasteiger partial charge in [0.2, 0.25) is 8.41 Å². The van der Waals surface area contributed by atoms with E-state index in [2.05, 4.69) is 20.8 Å². The van der Waals surface area contributed by atoms with Crippen molar-refractivity contribution in [1.82, 2.24) is 0 Å². The molecule has 0 aliphatic rings. The molecule has 0 aliphatic heterocycles. The summed E-state index contributed by atoms with van der Waals surface area (Å²) in [5, 5.41) is 0. The van der Waals surface area contributed by atoms with Crippen LogP contribution < -0.4 is 0 Å². The molecule has 29 heavy (non-hydrogen) atoms. The molecule has 0 aromatic heterocycles. The Kier molecular flexibility index (Phi) is 19.1. The largest absolute Gasteiger partial charge is 0.425 e. The van der Waals surface area contributed by atoms with Gasteiger partial charge in [-0.15, -0.1) is 0 Å². The number of rotatable bonds is 22. The van der Waals surface area contributed by atoms with E-state index >= 15 is 4.11 Å². The molecule has 0 aliphatic carbocycles. The first kappa shape index (κ1) is 29.2. The van der Waals surface area contributed by atoms with Crippen LogP contribution in [0.2, 0.25) is 30.2 Å². The average Bonchev–Trinajstić information content (AvgIpc) is 2.69. The van der Waals surface area contributed by atoms with Gasteiger partial charge < -0.3 is 4.11 Å². The predicted molar refractivity (Wildman–Crippen MR) is 130 cm³/mol. The zero-order valence-corrected chi connectivity index (χ0v) is 22.0. The Morgan fingerprint density at radius 1 is 0.379 bits per heavy atom. The van der Waals surface area contributed by atoms with Gasteiger partial charge >= 0.3 is 8.74 Å². The van der Waals surface area contributed by atoms with Crippen LogP contribution in [0, 0.1) is 0 Å². The van der Waals surface area contributed by atoms with Crippen LogP contribution >= 0.6 is 0 Å². The highest BCUT2D eigenvalue weighted by atomic mass is 28.4. The molecule has 0 atom stereocenters. The Balaban J connectivity index is 4.04. The molecule has 5 heteroatoms. The van der Waals surface area contributed by atoms with Gasteiger partial charge in [-0.1, -0.05) is 124 Å². The van der Waals surface area contributed by atoms with Gasteiger partial charge in [0.15, 0.2) is 0 Å². The Hall–Kier alpha value is 0.224. The van der Waals surface area contributed by atoms with E-state index < -0.39 is 17.1 Å². The van der Waals surface area contributed by atoms with Crippen LogP contribution in [0.4, 0.5) is 12.3 Å². The molecule has 0 amide bonds. The van der Waals surface area contributed by atoms with Crippen molar-refractivity contribution in [2.45, 2.75) is 154 Å². The Morgan fingerprint density at radius 3 is 0.966 bits per heavy atom. The maximum atomic E-state index is 15.6. The van der Waals surface area contributed by atoms with Crippen LogP contribution in [0.3, 0.4) is 0 Å². The minimum absolute atomic E-state index is 0.158. The molecule has 0 rings (SSSR count). The van der Waals surface area contributed by atoms with Gasteiger partial charge in [0.1, 0.15) is 0 Å². The fraction of sp³-hybridized carbons (Fsp3) is 1.00. The standard InChI is InChI=1S/C24H51F3Si2/c1-4-7-10-15-20-28(25,21-16-11-8-5-2)22-17-13-14-19-24-29(26,27)23-18-12-9-6-3/h4-24H2,1-3H3. The lowest BCUT2D eigenvalue weighted by Crippen LogP contribution is -2.28. The quantitative estimate of drug-likeness (QED) is 0.0870. The molecular weight excluding hydrogens is 401 g/mol. The summed E-state index contributed by atoms with van der Waals surface area (Å²) >= 11 is 0. The first-order valence-electron chi connectivity index (χ1n) is 13.0. The number of hydrogen-bond donors (Lipinski definition) is 0. The first-order valence-corrected chi connectivity index (χ1v) is 17.6. The van der Waals surface area contributed by atoms with E-state index in [0.717, 1.165) is 69.5 Å². The Bertz CT molecular complexity index is 339. The minimum atomic E-state index is -3.97. The summed E-state index contributed by atoms with van der Waals surface area (Å²) in [5.41, 5.74) is 0. The first-order chi connectivity index (χ1) is 13.9. The lowest BCUT2D eigenvalue weighted by molar-refractivity contribution is 0.549. The van der Waals surface area contributed by atoms with Crippen LogP contribution in [-0.2, 0) is 0 Å². The molecule has 0 fully saturated rings. The van der Waals surface area contributed by atoms with Gasteiger partial charge in [-0.05, 0) is 30.2 Å². The highest BCUT2D eigenvalue weighted by Crippen LogP contribution is 2.31. The van der Waals surface area contributed by atoms with Crippen molar-refractivity contribution in [2.24, 2.45) is 0 Å². The van der Waals surface area contributed by atoms with Crippen LogP contribution in [0.25, 0.3) is 0 Å². The van der Waals surface area contributed by atoms with Crippen molar-refractivity contribution in [3.63, 3.8) is 0 Å². The summed E-state index contributed by atoms with van der Waals surface area (Å²) < 4.78 is 43.7. The summed E-state index contributed by atoms with van der Waals surface area (Å²) in [6.45, 7) is 6.51. The van der Waals surface area contributed by atoms with Gasteiger partial charge in [-0.25, -0.2) is 0 Å². The molecule has 0 aromatic rings. The van der Waals surface area contributed by atoms with E-state index in [0.29, 0.717) is 12.8 Å².